The lowest BCUT2D eigenvalue weighted by Crippen LogP contribution is -2.27. The number of hydrogen-bond acceptors (Lipinski definition) is 5. The zero-order valence-electron chi connectivity index (χ0n) is 17.1. The first-order valence-corrected chi connectivity index (χ1v) is 11.3. The molecule has 1 heterocycles. The Morgan fingerprint density at radius 3 is 2.65 bits per heavy atom. The Bertz CT molecular complexity index is 1200. The van der Waals surface area contributed by atoms with Crippen molar-refractivity contribution in [3.63, 3.8) is 0 Å². The summed E-state index contributed by atoms with van der Waals surface area (Å²) in [5, 5.41) is 1.84. The van der Waals surface area contributed by atoms with Crippen LogP contribution in [0.15, 0.2) is 64.0 Å². The minimum atomic E-state index is -0.298. The van der Waals surface area contributed by atoms with E-state index in [0.717, 1.165) is 33.7 Å². The molecule has 0 N–H and O–H groups in total. The van der Waals surface area contributed by atoms with Crippen LogP contribution >= 0.6 is 27.7 Å². The van der Waals surface area contributed by atoms with Crippen LogP contribution in [0.1, 0.15) is 18.1 Å². The fourth-order valence-electron chi connectivity index (χ4n) is 3.52. The molecule has 3 aromatic rings. The van der Waals surface area contributed by atoms with Gasteiger partial charge in [-0.3, -0.25) is 14.5 Å². The van der Waals surface area contributed by atoms with Gasteiger partial charge in [0.25, 0.3) is 11.1 Å². The summed E-state index contributed by atoms with van der Waals surface area (Å²) >= 11 is 4.43. The Morgan fingerprint density at radius 1 is 1.10 bits per heavy atom. The SMILES string of the molecule is CCOc1cc(/C=C2/SC(=O)N(Cc3cccc4ccccc34)C2=O)cc(Br)c1OC. The lowest BCUT2D eigenvalue weighted by molar-refractivity contribution is -0.123. The smallest absolute Gasteiger partial charge is 0.293 e. The van der Waals surface area contributed by atoms with Gasteiger partial charge < -0.3 is 9.47 Å². The molecule has 0 aromatic heterocycles. The second kappa shape index (κ2) is 9.16. The summed E-state index contributed by atoms with van der Waals surface area (Å²) in [6, 6.07) is 17.5. The fourth-order valence-corrected chi connectivity index (χ4v) is 4.98. The number of methoxy groups -OCH3 is 1. The molecule has 5 nitrogen and oxygen atoms in total. The van der Waals surface area contributed by atoms with Crippen molar-refractivity contribution in [2.45, 2.75) is 13.5 Å². The van der Waals surface area contributed by atoms with Gasteiger partial charge in [0, 0.05) is 0 Å². The molecular formula is C24H20BrNO4S. The molecule has 0 spiro atoms. The number of ether oxygens (including phenoxy) is 2. The molecule has 31 heavy (non-hydrogen) atoms. The first-order chi connectivity index (χ1) is 15.0. The van der Waals surface area contributed by atoms with E-state index in [9.17, 15) is 9.59 Å². The van der Waals surface area contributed by atoms with Crippen LogP contribution in [-0.2, 0) is 11.3 Å². The molecule has 0 saturated carbocycles. The number of nitrogens with zero attached hydrogens (tertiary/aromatic N) is 1. The average molecular weight is 498 g/mol. The Labute approximate surface area is 193 Å². The van der Waals surface area contributed by atoms with Crippen molar-refractivity contribution < 1.29 is 19.1 Å². The molecular weight excluding hydrogens is 478 g/mol. The monoisotopic (exact) mass is 497 g/mol. The van der Waals surface area contributed by atoms with Gasteiger partial charge in [0.2, 0.25) is 0 Å². The highest BCUT2D eigenvalue weighted by Crippen LogP contribution is 2.39. The van der Waals surface area contributed by atoms with Crippen molar-refractivity contribution >= 4 is 55.7 Å². The standard InChI is InChI=1S/C24H20BrNO4S/c1-3-30-20-12-15(11-19(25)22(20)29-2)13-21-23(27)26(24(28)31-21)14-17-9-6-8-16-7-4-5-10-18(16)17/h4-13H,3,14H2,1-2H3/b21-13+. The van der Waals surface area contributed by atoms with Crippen molar-refractivity contribution in [3.8, 4) is 11.5 Å². The van der Waals surface area contributed by atoms with Crippen molar-refractivity contribution in [1.82, 2.24) is 4.90 Å². The fraction of sp³-hybridized carbons (Fsp3) is 0.167. The van der Waals surface area contributed by atoms with E-state index in [0.29, 0.717) is 27.5 Å². The third kappa shape index (κ3) is 4.34. The number of hydrogen-bond donors (Lipinski definition) is 0. The third-order valence-electron chi connectivity index (χ3n) is 4.92. The summed E-state index contributed by atoms with van der Waals surface area (Å²) in [6.07, 6.45) is 1.71. The van der Waals surface area contributed by atoms with E-state index in [-0.39, 0.29) is 17.7 Å². The molecule has 7 heteroatoms. The molecule has 3 aromatic carbocycles. The van der Waals surface area contributed by atoms with Gasteiger partial charge in [-0.2, -0.15) is 0 Å². The molecule has 4 rings (SSSR count). The van der Waals surface area contributed by atoms with Gasteiger partial charge in [0.05, 0.1) is 29.6 Å². The highest BCUT2D eigenvalue weighted by molar-refractivity contribution is 9.10. The molecule has 0 atom stereocenters. The maximum atomic E-state index is 13.0. The molecule has 1 saturated heterocycles. The second-order valence-corrected chi connectivity index (χ2v) is 8.72. The number of fused-ring (bicyclic) bond motifs is 1. The van der Waals surface area contributed by atoms with Gasteiger partial charge >= 0.3 is 0 Å². The molecule has 1 aliphatic rings. The van der Waals surface area contributed by atoms with Crippen LogP contribution in [0.5, 0.6) is 11.5 Å². The van der Waals surface area contributed by atoms with Crippen molar-refractivity contribution in [2.75, 3.05) is 13.7 Å². The lowest BCUT2D eigenvalue weighted by atomic mass is 10.0. The largest absolute Gasteiger partial charge is 0.492 e. The van der Waals surface area contributed by atoms with Gasteiger partial charge in [0.1, 0.15) is 0 Å². The van der Waals surface area contributed by atoms with Crippen LogP contribution in [-0.4, -0.2) is 29.8 Å². The number of halogens is 1. The van der Waals surface area contributed by atoms with E-state index < -0.39 is 0 Å². The summed E-state index contributed by atoms with van der Waals surface area (Å²) in [7, 11) is 1.57. The van der Waals surface area contributed by atoms with Crippen molar-refractivity contribution in [1.29, 1.82) is 0 Å². The quantitative estimate of drug-likeness (QED) is 0.377. The highest BCUT2D eigenvalue weighted by atomic mass is 79.9. The van der Waals surface area contributed by atoms with E-state index >= 15 is 0 Å². The third-order valence-corrected chi connectivity index (χ3v) is 6.41. The van der Waals surface area contributed by atoms with Gasteiger partial charge in [0.15, 0.2) is 11.5 Å². The number of rotatable bonds is 6. The summed E-state index contributed by atoms with van der Waals surface area (Å²) in [5.74, 6) is 0.858. The first-order valence-electron chi connectivity index (χ1n) is 9.74. The maximum absolute atomic E-state index is 13.0. The summed E-state index contributed by atoms with van der Waals surface area (Å²) in [5.41, 5.74) is 1.68. The summed E-state index contributed by atoms with van der Waals surface area (Å²) < 4.78 is 11.7. The predicted octanol–water partition coefficient (Wildman–Crippen LogP) is 6.25. The topological polar surface area (TPSA) is 55.8 Å². The second-order valence-electron chi connectivity index (χ2n) is 6.87. The van der Waals surface area contributed by atoms with Crippen LogP contribution in [0, 0.1) is 0 Å². The zero-order valence-corrected chi connectivity index (χ0v) is 19.5. The van der Waals surface area contributed by atoms with Crippen LogP contribution in [0.2, 0.25) is 0 Å². The Morgan fingerprint density at radius 2 is 1.87 bits per heavy atom. The number of carbonyl (C=O) groups excluding carboxylic acids is 2. The predicted molar refractivity (Wildman–Crippen MR) is 127 cm³/mol. The van der Waals surface area contributed by atoms with E-state index in [1.165, 1.54) is 4.90 Å². The van der Waals surface area contributed by atoms with E-state index in [1.807, 2.05) is 55.5 Å². The first kappa shape index (κ1) is 21.5. The number of carbonyl (C=O) groups is 2. The van der Waals surface area contributed by atoms with Gasteiger partial charge in [-0.1, -0.05) is 42.5 Å². The number of thioether (sulfide) groups is 1. The van der Waals surface area contributed by atoms with Crippen LogP contribution in [0.25, 0.3) is 16.8 Å². The van der Waals surface area contributed by atoms with Crippen LogP contribution in [0.3, 0.4) is 0 Å². The van der Waals surface area contributed by atoms with Crippen molar-refractivity contribution in [2.24, 2.45) is 0 Å². The maximum Gasteiger partial charge on any atom is 0.293 e. The normalized spacial score (nSPS) is 15.2. The molecule has 0 unspecified atom stereocenters. The lowest BCUT2D eigenvalue weighted by Gasteiger charge is -2.14. The van der Waals surface area contributed by atoms with Crippen LogP contribution in [0.4, 0.5) is 4.79 Å². The zero-order chi connectivity index (χ0) is 22.0. The average Bonchev–Trinajstić information content (AvgIpc) is 3.01. The Hall–Kier alpha value is -2.77. The van der Waals surface area contributed by atoms with Gasteiger partial charge in [-0.25, -0.2) is 0 Å². The molecule has 2 amide bonds. The molecule has 158 valence electrons. The molecule has 1 fully saturated rings. The molecule has 1 aliphatic heterocycles. The summed E-state index contributed by atoms with van der Waals surface area (Å²) in [4.78, 5) is 27.3. The van der Waals surface area contributed by atoms with Crippen LogP contribution < -0.4 is 9.47 Å². The Balaban J connectivity index is 1.63. The van der Waals surface area contributed by atoms with Crippen molar-refractivity contribution in [3.05, 3.63) is 75.1 Å². The molecule has 0 aliphatic carbocycles. The van der Waals surface area contributed by atoms with Gasteiger partial charge in [-0.15, -0.1) is 0 Å². The number of amides is 2. The number of imide groups is 1. The van der Waals surface area contributed by atoms with Gasteiger partial charge in [-0.05, 0) is 74.7 Å². The molecule has 0 bridgehead atoms. The summed E-state index contributed by atoms with van der Waals surface area (Å²) in [6.45, 7) is 2.60. The minimum Gasteiger partial charge on any atom is -0.492 e. The Kier molecular flexibility index (Phi) is 6.34. The van der Waals surface area contributed by atoms with E-state index in [2.05, 4.69) is 15.9 Å². The van der Waals surface area contributed by atoms with E-state index in [4.69, 9.17) is 9.47 Å². The minimum absolute atomic E-state index is 0.236. The number of benzene rings is 3. The highest BCUT2D eigenvalue weighted by Gasteiger charge is 2.35. The van der Waals surface area contributed by atoms with E-state index in [1.54, 1.807) is 19.3 Å². The molecule has 0 radical (unpaired) electrons.